The van der Waals surface area contributed by atoms with E-state index in [0.29, 0.717) is 10.0 Å². The third-order valence-corrected chi connectivity index (χ3v) is 8.40. The van der Waals surface area contributed by atoms with Gasteiger partial charge in [0.25, 0.3) is 0 Å². The summed E-state index contributed by atoms with van der Waals surface area (Å²) >= 11 is 12.2. The van der Waals surface area contributed by atoms with Gasteiger partial charge in [-0.05, 0) is 35.2 Å². The van der Waals surface area contributed by atoms with E-state index in [4.69, 9.17) is 23.2 Å². The maximum Gasteiger partial charge on any atom is 0.105 e. The quantitative estimate of drug-likeness (QED) is 0.631. The number of hydrogen-bond donors (Lipinski definition) is 1. The Kier molecular flexibility index (Phi) is 5.18. The molecule has 0 radical (unpaired) electrons. The lowest BCUT2D eigenvalue weighted by molar-refractivity contribution is 0.265. The van der Waals surface area contributed by atoms with Crippen LogP contribution in [0.4, 0.5) is 0 Å². The van der Waals surface area contributed by atoms with Crippen LogP contribution in [-0.4, -0.2) is 11.4 Å². The zero-order valence-electron chi connectivity index (χ0n) is 12.9. The second kappa shape index (κ2) is 7.17. The van der Waals surface area contributed by atoms with E-state index < -0.39 is 12.7 Å². The van der Waals surface area contributed by atoms with Gasteiger partial charge in [-0.3, -0.25) is 0 Å². The van der Waals surface area contributed by atoms with Crippen LogP contribution in [0.1, 0.15) is 11.4 Å². The molecule has 24 heavy (non-hydrogen) atoms. The highest BCUT2D eigenvalue weighted by Gasteiger charge is 2.29. The summed E-state index contributed by atoms with van der Waals surface area (Å²) < 4.78 is 0. The highest BCUT2D eigenvalue weighted by Crippen LogP contribution is 2.55. The molecule has 1 atom stereocenters. The maximum atomic E-state index is 11.2. The Bertz CT molecular complexity index is 835. The van der Waals surface area contributed by atoms with Crippen molar-refractivity contribution >= 4 is 47.0 Å². The molecule has 0 bridgehead atoms. The zero-order chi connectivity index (χ0) is 17.2. The highest BCUT2D eigenvalue weighted by molar-refractivity contribution is 7.87. The molecule has 0 aromatic heterocycles. The first-order valence-electron chi connectivity index (χ1n) is 7.51. The Hall–Kier alpha value is -1.50. The lowest BCUT2D eigenvalue weighted by Gasteiger charge is -2.31. The van der Waals surface area contributed by atoms with E-state index >= 15 is 0 Å². The van der Waals surface area contributed by atoms with Gasteiger partial charge in [-0.1, -0.05) is 96.2 Å². The Morgan fingerprint density at radius 2 is 1.25 bits per heavy atom. The van der Waals surface area contributed by atoms with Gasteiger partial charge >= 0.3 is 0 Å². The molecule has 3 aromatic rings. The molecule has 1 nitrogen and oxygen atoms in total. The normalized spacial score (nSPS) is 12.8. The lowest BCUT2D eigenvalue weighted by Crippen LogP contribution is -2.21. The number of hydrogen-bond acceptors (Lipinski definition) is 1. The van der Waals surface area contributed by atoms with Gasteiger partial charge in [0.1, 0.15) is 5.85 Å². The first-order chi connectivity index (χ1) is 11.5. The van der Waals surface area contributed by atoms with Crippen molar-refractivity contribution in [2.45, 2.75) is 5.85 Å². The van der Waals surface area contributed by atoms with Gasteiger partial charge in [-0.15, -0.1) is 0 Å². The van der Waals surface area contributed by atoms with E-state index in [0.717, 1.165) is 16.2 Å². The number of aliphatic hydroxyl groups is 1. The SMILES string of the molecule is C=P(c1ccccc1)(c1ccccc1)C(O)c1ccc(Cl)c(Cl)c1. The summed E-state index contributed by atoms with van der Waals surface area (Å²) in [6.07, 6.45) is 4.52. The van der Waals surface area contributed by atoms with E-state index in [9.17, 15) is 5.11 Å². The van der Waals surface area contributed by atoms with E-state index in [1.165, 1.54) is 0 Å². The molecule has 0 amide bonds. The average Bonchev–Trinajstić information content (AvgIpc) is 2.64. The molecule has 4 heteroatoms. The molecule has 0 aliphatic carbocycles. The highest BCUT2D eigenvalue weighted by atomic mass is 35.5. The van der Waals surface area contributed by atoms with Crippen molar-refractivity contribution in [3.8, 4) is 0 Å². The van der Waals surface area contributed by atoms with Crippen molar-refractivity contribution in [1.29, 1.82) is 0 Å². The summed E-state index contributed by atoms with van der Waals surface area (Å²) in [6.45, 7) is -2.32. The van der Waals surface area contributed by atoms with Gasteiger partial charge in [-0.25, -0.2) is 0 Å². The van der Waals surface area contributed by atoms with Gasteiger partial charge in [0.15, 0.2) is 0 Å². The third-order valence-electron chi connectivity index (χ3n) is 4.09. The molecule has 0 saturated carbocycles. The summed E-state index contributed by atoms with van der Waals surface area (Å²) in [5.41, 5.74) is 0.723. The van der Waals surface area contributed by atoms with Crippen LogP contribution in [0.5, 0.6) is 0 Å². The van der Waals surface area contributed by atoms with Crippen LogP contribution in [-0.2, 0) is 0 Å². The largest absolute Gasteiger partial charge is 0.383 e. The maximum absolute atomic E-state index is 11.2. The molecule has 0 spiro atoms. The molecule has 0 aliphatic heterocycles. The second-order valence-electron chi connectivity index (χ2n) is 5.59. The topological polar surface area (TPSA) is 20.2 Å². The van der Waals surface area contributed by atoms with Crippen molar-refractivity contribution in [3.63, 3.8) is 0 Å². The molecule has 0 aliphatic rings. The van der Waals surface area contributed by atoms with Crippen molar-refractivity contribution in [2.24, 2.45) is 0 Å². The van der Waals surface area contributed by atoms with Gasteiger partial charge in [0.2, 0.25) is 0 Å². The van der Waals surface area contributed by atoms with Crippen LogP contribution in [0.15, 0.2) is 78.9 Å². The summed E-state index contributed by atoms with van der Waals surface area (Å²) in [5.74, 6) is -0.767. The van der Waals surface area contributed by atoms with E-state index in [1.54, 1.807) is 12.1 Å². The molecule has 122 valence electrons. The number of halogens is 2. The molecule has 0 heterocycles. The van der Waals surface area contributed by atoms with Crippen molar-refractivity contribution < 1.29 is 5.11 Å². The Morgan fingerprint density at radius 3 is 1.71 bits per heavy atom. The Morgan fingerprint density at radius 1 is 0.750 bits per heavy atom. The standard InChI is InChI=1S/C20H17Cl2OP/c1-24(16-8-4-2-5-9-16,17-10-6-3-7-11-17)20(23)15-12-13-18(21)19(22)14-15/h2-14,20,23H,1H2. The van der Waals surface area contributed by atoms with Crippen molar-refractivity contribution in [2.75, 3.05) is 0 Å². The Balaban J connectivity index is 2.18. The molecule has 3 rings (SSSR count). The fourth-order valence-electron chi connectivity index (χ4n) is 2.75. The van der Waals surface area contributed by atoms with Gasteiger partial charge in [0, 0.05) is 0 Å². The lowest BCUT2D eigenvalue weighted by atomic mass is 10.2. The van der Waals surface area contributed by atoms with E-state index in [-0.39, 0.29) is 0 Å². The minimum Gasteiger partial charge on any atom is -0.383 e. The first-order valence-corrected chi connectivity index (χ1v) is 10.3. The fourth-order valence-corrected chi connectivity index (χ4v) is 5.99. The third kappa shape index (κ3) is 3.18. The predicted molar refractivity (Wildman–Crippen MR) is 108 cm³/mol. The molecule has 0 saturated heterocycles. The minimum absolute atomic E-state index is 0.431. The fraction of sp³-hybridized carbons (Fsp3) is 0.0500. The van der Waals surface area contributed by atoms with Crippen LogP contribution >= 0.6 is 30.1 Å². The molecular weight excluding hydrogens is 358 g/mol. The van der Waals surface area contributed by atoms with Gasteiger partial charge in [0.05, 0.1) is 10.0 Å². The van der Waals surface area contributed by atoms with Crippen LogP contribution < -0.4 is 10.6 Å². The van der Waals surface area contributed by atoms with Crippen LogP contribution in [0.2, 0.25) is 10.0 Å². The minimum atomic E-state index is -2.32. The Labute approximate surface area is 152 Å². The first kappa shape index (κ1) is 17.3. The van der Waals surface area contributed by atoms with Gasteiger partial charge in [-0.2, -0.15) is 0 Å². The number of benzene rings is 3. The van der Waals surface area contributed by atoms with Gasteiger partial charge < -0.3 is 5.11 Å². The van der Waals surface area contributed by atoms with Crippen LogP contribution in [0, 0.1) is 0 Å². The molecule has 1 unspecified atom stereocenters. The molecule has 1 N–H and O–H groups in total. The average molecular weight is 375 g/mol. The van der Waals surface area contributed by atoms with E-state index in [1.807, 2.05) is 66.7 Å². The number of aliphatic hydroxyl groups excluding tert-OH is 1. The second-order valence-corrected chi connectivity index (χ2v) is 9.66. The van der Waals surface area contributed by atoms with Crippen molar-refractivity contribution in [3.05, 3.63) is 94.5 Å². The van der Waals surface area contributed by atoms with Crippen LogP contribution in [0.3, 0.4) is 0 Å². The summed E-state index contributed by atoms with van der Waals surface area (Å²) in [4.78, 5) is 0. The summed E-state index contributed by atoms with van der Waals surface area (Å²) in [5, 5.41) is 14.2. The number of rotatable bonds is 4. The smallest absolute Gasteiger partial charge is 0.105 e. The summed E-state index contributed by atoms with van der Waals surface area (Å²) in [6, 6.07) is 25.1. The molecular formula is C20H17Cl2OP. The monoisotopic (exact) mass is 374 g/mol. The van der Waals surface area contributed by atoms with Crippen molar-refractivity contribution in [1.82, 2.24) is 0 Å². The van der Waals surface area contributed by atoms with Crippen LogP contribution in [0.25, 0.3) is 0 Å². The van der Waals surface area contributed by atoms with E-state index in [2.05, 4.69) is 6.30 Å². The zero-order valence-corrected chi connectivity index (χ0v) is 15.3. The molecule has 0 fully saturated rings. The molecule has 3 aromatic carbocycles. The predicted octanol–water partition coefficient (Wildman–Crippen LogP) is 5.08. The summed E-state index contributed by atoms with van der Waals surface area (Å²) in [7, 11) is 0.